The first-order chi connectivity index (χ1) is 7.24. The monoisotopic (exact) mass is 226 g/mol. The van der Waals surface area contributed by atoms with Gasteiger partial charge in [0.15, 0.2) is 5.84 Å². The molecule has 0 heterocycles. The average molecular weight is 227 g/mol. The second-order valence-corrected chi connectivity index (χ2v) is 3.12. The van der Waals surface area contributed by atoms with Gasteiger partial charge in [-0.25, -0.2) is 4.79 Å². The van der Waals surface area contributed by atoms with Crippen molar-refractivity contribution in [3.05, 3.63) is 35.9 Å². The lowest BCUT2D eigenvalue weighted by molar-refractivity contribution is -0.143. The number of hydrogen-bond donors (Lipinski definition) is 1. The number of alkyl halides is 1. The Morgan fingerprint density at radius 3 is 2.67 bits per heavy atom. The van der Waals surface area contributed by atoms with Crippen LogP contribution in [0.4, 0.5) is 0 Å². The van der Waals surface area contributed by atoms with E-state index >= 15 is 0 Å². The van der Waals surface area contributed by atoms with Crippen LogP contribution in [0.15, 0.2) is 35.5 Å². The summed E-state index contributed by atoms with van der Waals surface area (Å²) in [6.45, 7) is 0. The molecule has 0 radical (unpaired) electrons. The predicted molar refractivity (Wildman–Crippen MR) is 58.6 cm³/mol. The molecule has 15 heavy (non-hydrogen) atoms. The fourth-order valence-electron chi connectivity index (χ4n) is 0.884. The standard InChI is InChI=1S/C10H11ClN2O2/c11-7-6-9(14)15-13-10(12)8-4-2-1-3-5-8/h1-5H,6-7H2,(H2,12,13). The van der Waals surface area contributed by atoms with E-state index in [9.17, 15) is 4.79 Å². The molecule has 0 fully saturated rings. The third kappa shape index (κ3) is 3.99. The fourth-order valence-corrected chi connectivity index (χ4v) is 1.04. The van der Waals surface area contributed by atoms with Crippen molar-refractivity contribution in [3.63, 3.8) is 0 Å². The maximum atomic E-state index is 10.9. The zero-order valence-corrected chi connectivity index (χ0v) is 8.78. The first-order valence-electron chi connectivity index (χ1n) is 4.38. The van der Waals surface area contributed by atoms with Crippen LogP contribution in [0.25, 0.3) is 0 Å². The number of amidine groups is 1. The summed E-state index contributed by atoms with van der Waals surface area (Å²) in [5.74, 6) is -0.123. The van der Waals surface area contributed by atoms with Crippen molar-refractivity contribution < 1.29 is 9.63 Å². The molecule has 80 valence electrons. The number of carbonyl (C=O) groups is 1. The molecule has 0 aliphatic rings. The number of rotatable bonds is 4. The zero-order chi connectivity index (χ0) is 11.1. The summed E-state index contributed by atoms with van der Waals surface area (Å²) in [7, 11) is 0. The van der Waals surface area contributed by atoms with Crippen molar-refractivity contribution >= 4 is 23.4 Å². The van der Waals surface area contributed by atoms with Crippen molar-refractivity contribution in [3.8, 4) is 0 Å². The van der Waals surface area contributed by atoms with E-state index in [1.54, 1.807) is 12.1 Å². The Morgan fingerprint density at radius 1 is 1.40 bits per heavy atom. The maximum absolute atomic E-state index is 10.9. The Morgan fingerprint density at radius 2 is 2.07 bits per heavy atom. The van der Waals surface area contributed by atoms with Gasteiger partial charge in [-0.3, -0.25) is 0 Å². The molecule has 4 nitrogen and oxygen atoms in total. The molecule has 0 spiro atoms. The van der Waals surface area contributed by atoms with Gasteiger partial charge >= 0.3 is 5.97 Å². The number of carbonyl (C=O) groups excluding carboxylic acids is 1. The van der Waals surface area contributed by atoms with Crippen LogP contribution in [-0.2, 0) is 9.63 Å². The molecule has 0 amide bonds. The molecular formula is C10H11ClN2O2. The van der Waals surface area contributed by atoms with Gasteiger partial charge in [-0.05, 0) is 0 Å². The predicted octanol–water partition coefficient (Wildman–Crippen LogP) is 1.48. The van der Waals surface area contributed by atoms with Crippen LogP contribution in [-0.4, -0.2) is 17.7 Å². The summed E-state index contributed by atoms with van der Waals surface area (Å²) in [6, 6.07) is 9.04. The Kier molecular flexibility index (Phi) is 4.63. The summed E-state index contributed by atoms with van der Waals surface area (Å²) >= 11 is 5.35. The van der Waals surface area contributed by atoms with Crippen LogP contribution in [0.5, 0.6) is 0 Å². The highest BCUT2D eigenvalue weighted by atomic mass is 35.5. The van der Waals surface area contributed by atoms with Crippen molar-refractivity contribution in [2.24, 2.45) is 10.9 Å². The topological polar surface area (TPSA) is 64.7 Å². The lowest BCUT2D eigenvalue weighted by atomic mass is 10.2. The molecule has 0 saturated heterocycles. The molecule has 0 aliphatic heterocycles. The van der Waals surface area contributed by atoms with E-state index in [2.05, 4.69) is 9.99 Å². The van der Waals surface area contributed by atoms with Gasteiger partial charge in [0.25, 0.3) is 0 Å². The summed E-state index contributed by atoms with van der Waals surface area (Å²) < 4.78 is 0. The third-order valence-electron chi connectivity index (χ3n) is 1.61. The number of nitrogens with two attached hydrogens (primary N) is 1. The van der Waals surface area contributed by atoms with Crippen molar-refractivity contribution in [2.75, 3.05) is 5.88 Å². The van der Waals surface area contributed by atoms with E-state index in [4.69, 9.17) is 17.3 Å². The number of nitrogens with zero attached hydrogens (tertiary/aromatic N) is 1. The van der Waals surface area contributed by atoms with Crippen LogP contribution >= 0.6 is 11.6 Å². The minimum Gasteiger partial charge on any atom is -0.380 e. The van der Waals surface area contributed by atoms with Crippen LogP contribution in [0, 0.1) is 0 Å². The van der Waals surface area contributed by atoms with E-state index in [0.717, 1.165) is 0 Å². The number of benzene rings is 1. The average Bonchev–Trinajstić information content (AvgIpc) is 2.27. The molecular weight excluding hydrogens is 216 g/mol. The Bertz CT molecular complexity index is 352. The SMILES string of the molecule is NC(=NOC(=O)CCCl)c1ccccc1. The number of halogens is 1. The van der Waals surface area contributed by atoms with E-state index in [1.165, 1.54) is 0 Å². The van der Waals surface area contributed by atoms with Gasteiger partial charge in [0.1, 0.15) is 0 Å². The van der Waals surface area contributed by atoms with Crippen LogP contribution in [0.3, 0.4) is 0 Å². The van der Waals surface area contributed by atoms with Crippen LogP contribution in [0.2, 0.25) is 0 Å². The molecule has 1 aromatic rings. The molecule has 0 aromatic heterocycles. The van der Waals surface area contributed by atoms with E-state index in [1.807, 2.05) is 18.2 Å². The molecule has 0 aliphatic carbocycles. The summed E-state index contributed by atoms with van der Waals surface area (Å²) in [5.41, 5.74) is 6.28. The number of oxime groups is 1. The van der Waals surface area contributed by atoms with Crippen LogP contribution in [0.1, 0.15) is 12.0 Å². The Labute approximate surface area is 92.7 Å². The van der Waals surface area contributed by atoms with E-state index in [-0.39, 0.29) is 18.1 Å². The van der Waals surface area contributed by atoms with Gasteiger partial charge in [0.2, 0.25) is 0 Å². The van der Waals surface area contributed by atoms with Gasteiger partial charge in [-0.15, -0.1) is 11.6 Å². The lowest BCUT2D eigenvalue weighted by Gasteiger charge is -1.99. The van der Waals surface area contributed by atoms with Gasteiger partial charge in [-0.2, -0.15) is 0 Å². The molecule has 0 unspecified atom stereocenters. The molecule has 2 N–H and O–H groups in total. The maximum Gasteiger partial charge on any atom is 0.336 e. The highest BCUT2D eigenvalue weighted by Crippen LogP contribution is 1.98. The van der Waals surface area contributed by atoms with Crippen molar-refractivity contribution in [1.29, 1.82) is 0 Å². The van der Waals surface area contributed by atoms with E-state index < -0.39 is 5.97 Å². The van der Waals surface area contributed by atoms with Crippen LogP contribution < -0.4 is 5.73 Å². The summed E-state index contributed by atoms with van der Waals surface area (Å²) in [4.78, 5) is 15.4. The number of hydrogen-bond acceptors (Lipinski definition) is 3. The molecule has 1 aromatic carbocycles. The lowest BCUT2D eigenvalue weighted by Crippen LogP contribution is -2.15. The summed E-state index contributed by atoms with van der Waals surface area (Å²) in [6.07, 6.45) is 0.118. The molecule has 1 rings (SSSR count). The zero-order valence-electron chi connectivity index (χ0n) is 8.02. The quantitative estimate of drug-likeness (QED) is 0.278. The normalized spacial score (nSPS) is 11.1. The van der Waals surface area contributed by atoms with Crippen molar-refractivity contribution in [2.45, 2.75) is 6.42 Å². The third-order valence-corrected chi connectivity index (χ3v) is 1.80. The molecule has 5 heteroatoms. The van der Waals surface area contributed by atoms with Crippen molar-refractivity contribution in [1.82, 2.24) is 0 Å². The largest absolute Gasteiger partial charge is 0.380 e. The highest BCUT2D eigenvalue weighted by molar-refractivity contribution is 6.18. The highest BCUT2D eigenvalue weighted by Gasteiger charge is 2.02. The van der Waals surface area contributed by atoms with Gasteiger partial charge in [0, 0.05) is 11.4 Å². The minimum atomic E-state index is -0.496. The van der Waals surface area contributed by atoms with Gasteiger partial charge in [-0.1, -0.05) is 35.5 Å². The molecule has 0 bridgehead atoms. The first-order valence-corrected chi connectivity index (χ1v) is 4.92. The second kappa shape index (κ2) is 6.03. The Hall–Kier alpha value is -1.55. The van der Waals surface area contributed by atoms with Gasteiger partial charge in [0.05, 0.1) is 6.42 Å². The molecule has 0 atom stereocenters. The summed E-state index contributed by atoms with van der Waals surface area (Å²) in [5, 5.41) is 3.50. The second-order valence-electron chi connectivity index (χ2n) is 2.74. The van der Waals surface area contributed by atoms with E-state index in [0.29, 0.717) is 5.56 Å². The minimum absolute atomic E-state index is 0.118. The first kappa shape index (κ1) is 11.5. The van der Waals surface area contributed by atoms with Gasteiger partial charge < -0.3 is 10.6 Å². The fraction of sp³-hybridized carbons (Fsp3) is 0.200. The molecule has 0 saturated carbocycles. The smallest absolute Gasteiger partial charge is 0.336 e. The Balaban J connectivity index is 2.57.